The van der Waals surface area contributed by atoms with Gasteiger partial charge in [-0.15, -0.1) is 0 Å². The highest BCUT2D eigenvalue weighted by molar-refractivity contribution is 5.83. The predicted molar refractivity (Wildman–Crippen MR) is 81.0 cm³/mol. The van der Waals surface area contributed by atoms with E-state index in [0.717, 1.165) is 0 Å². The molecule has 0 saturated carbocycles. The van der Waals surface area contributed by atoms with Crippen molar-refractivity contribution >= 4 is 17.8 Å². The van der Waals surface area contributed by atoms with Gasteiger partial charge in [-0.2, -0.15) is 15.0 Å². The molecule has 1 aromatic heterocycles. The molecule has 0 aliphatic rings. The first kappa shape index (κ1) is 16.9. The van der Waals surface area contributed by atoms with Gasteiger partial charge in [0.15, 0.2) is 0 Å². The molecule has 0 saturated heterocycles. The molecule has 1 rings (SSSR count). The van der Waals surface area contributed by atoms with Crippen LogP contribution in [0.5, 0.6) is 6.01 Å². The minimum Gasteiger partial charge on any atom is -0.461 e. The molecule has 0 aliphatic heterocycles. The summed E-state index contributed by atoms with van der Waals surface area (Å²) in [5, 5.41) is 2.93. The molecule has 8 heteroatoms. The zero-order valence-electron chi connectivity index (χ0n) is 13.3. The zero-order valence-corrected chi connectivity index (χ0v) is 13.3. The Morgan fingerprint density at radius 1 is 1.24 bits per heavy atom. The van der Waals surface area contributed by atoms with Crippen LogP contribution < -0.4 is 15.8 Å². The first-order valence-corrected chi connectivity index (χ1v) is 7.10. The molecule has 3 N–H and O–H groups in total. The molecule has 0 fully saturated rings. The van der Waals surface area contributed by atoms with E-state index < -0.39 is 6.04 Å². The number of carbonyl (C=O) groups excluding carboxylic acids is 1. The van der Waals surface area contributed by atoms with E-state index in [4.69, 9.17) is 10.5 Å². The molecule has 1 heterocycles. The summed E-state index contributed by atoms with van der Waals surface area (Å²) in [6, 6.07) is -0.318. The number of amides is 1. The molecular formula is C13H24N6O2. The third kappa shape index (κ3) is 5.05. The summed E-state index contributed by atoms with van der Waals surface area (Å²) in [5.41, 5.74) is 5.62. The van der Waals surface area contributed by atoms with Gasteiger partial charge in [-0.3, -0.25) is 4.79 Å². The van der Waals surface area contributed by atoms with Gasteiger partial charge in [0.2, 0.25) is 17.8 Å². The van der Waals surface area contributed by atoms with Gasteiger partial charge in [0, 0.05) is 13.1 Å². The van der Waals surface area contributed by atoms with E-state index in [1.54, 1.807) is 11.8 Å². The van der Waals surface area contributed by atoms with Crippen molar-refractivity contribution in [1.29, 1.82) is 0 Å². The van der Waals surface area contributed by atoms with Crippen molar-refractivity contribution in [2.45, 2.75) is 46.8 Å². The number of likely N-dealkylation sites (N-methyl/N-ethyl adjacent to an activating group) is 1. The quantitative estimate of drug-likeness (QED) is 0.770. The maximum Gasteiger partial charge on any atom is 0.323 e. The number of nitrogens with one attached hydrogen (secondary N) is 1. The highest BCUT2D eigenvalue weighted by Gasteiger charge is 2.19. The average molecular weight is 296 g/mol. The fourth-order valence-corrected chi connectivity index (χ4v) is 1.76. The number of carbonyl (C=O) groups is 1. The predicted octanol–water partition coefficient (Wildman–Crippen LogP) is 0.910. The molecule has 1 unspecified atom stereocenters. The normalized spacial score (nSPS) is 12.1. The summed E-state index contributed by atoms with van der Waals surface area (Å²) in [6.45, 7) is 10.7. The van der Waals surface area contributed by atoms with Gasteiger partial charge in [-0.1, -0.05) is 0 Å². The molecule has 1 amide bonds. The Morgan fingerprint density at radius 3 is 2.38 bits per heavy atom. The number of nitrogens with zero attached hydrogens (tertiary/aromatic N) is 4. The number of nitrogen functional groups attached to an aromatic ring is 1. The second-order valence-corrected chi connectivity index (χ2v) is 4.84. The summed E-state index contributed by atoms with van der Waals surface area (Å²) >= 11 is 0. The highest BCUT2D eigenvalue weighted by Crippen LogP contribution is 2.12. The van der Waals surface area contributed by atoms with E-state index in [0.29, 0.717) is 13.1 Å². The van der Waals surface area contributed by atoms with Crippen LogP contribution in [0.3, 0.4) is 0 Å². The second kappa shape index (κ2) is 7.61. The fraction of sp³-hybridized carbons (Fsp3) is 0.692. The van der Waals surface area contributed by atoms with Gasteiger partial charge in [0.05, 0.1) is 6.10 Å². The summed E-state index contributed by atoms with van der Waals surface area (Å²) in [5.74, 6) is 0.252. The number of hydrogen-bond donors (Lipinski definition) is 2. The molecule has 0 radical (unpaired) electrons. The third-order valence-corrected chi connectivity index (χ3v) is 2.76. The maximum absolute atomic E-state index is 12.2. The molecular weight excluding hydrogens is 272 g/mol. The van der Waals surface area contributed by atoms with Crippen LogP contribution in [0.25, 0.3) is 0 Å². The van der Waals surface area contributed by atoms with Gasteiger partial charge < -0.3 is 20.7 Å². The minimum atomic E-state index is -0.460. The standard InChI is InChI=1S/C13H24N6O2/c1-6-19(7-2)10(20)9(5)15-12-16-11(14)17-13(18-12)21-8(3)4/h8-9H,6-7H2,1-5H3,(H3,14,15,16,17,18). The Hall–Kier alpha value is -2.12. The van der Waals surface area contributed by atoms with Crippen LogP contribution in [0.2, 0.25) is 0 Å². The molecule has 21 heavy (non-hydrogen) atoms. The minimum absolute atomic E-state index is 0.0229. The largest absolute Gasteiger partial charge is 0.461 e. The van der Waals surface area contributed by atoms with Crippen LogP contribution in [-0.2, 0) is 4.79 Å². The third-order valence-electron chi connectivity index (χ3n) is 2.76. The lowest BCUT2D eigenvalue weighted by atomic mass is 10.3. The fourth-order valence-electron chi connectivity index (χ4n) is 1.76. The monoisotopic (exact) mass is 296 g/mol. The van der Waals surface area contributed by atoms with Crippen LogP contribution in [0.4, 0.5) is 11.9 Å². The number of ether oxygens (including phenoxy) is 1. The lowest BCUT2D eigenvalue weighted by Crippen LogP contribution is -2.41. The summed E-state index contributed by atoms with van der Waals surface area (Å²) < 4.78 is 5.39. The van der Waals surface area contributed by atoms with Crippen LogP contribution in [0.1, 0.15) is 34.6 Å². The molecule has 1 atom stereocenters. The molecule has 118 valence electrons. The Morgan fingerprint density at radius 2 is 1.86 bits per heavy atom. The van der Waals surface area contributed by atoms with Crippen molar-refractivity contribution in [3.63, 3.8) is 0 Å². The van der Waals surface area contributed by atoms with E-state index in [1.807, 2.05) is 27.7 Å². The Bertz CT molecular complexity index is 476. The van der Waals surface area contributed by atoms with Crippen molar-refractivity contribution in [1.82, 2.24) is 19.9 Å². The number of nitrogens with two attached hydrogens (primary N) is 1. The van der Waals surface area contributed by atoms with Crippen LogP contribution >= 0.6 is 0 Å². The van der Waals surface area contributed by atoms with E-state index in [2.05, 4.69) is 20.3 Å². The number of hydrogen-bond acceptors (Lipinski definition) is 7. The second-order valence-electron chi connectivity index (χ2n) is 4.84. The van der Waals surface area contributed by atoms with E-state index in [1.165, 1.54) is 0 Å². The topological polar surface area (TPSA) is 106 Å². The van der Waals surface area contributed by atoms with Crippen molar-refractivity contribution in [3.05, 3.63) is 0 Å². The average Bonchev–Trinajstić information content (AvgIpc) is 2.38. The van der Waals surface area contributed by atoms with Gasteiger partial charge in [0.1, 0.15) is 6.04 Å². The lowest BCUT2D eigenvalue weighted by molar-refractivity contribution is -0.131. The Balaban J connectivity index is 2.82. The van der Waals surface area contributed by atoms with E-state index in [9.17, 15) is 4.79 Å². The number of aromatic nitrogens is 3. The van der Waals surface area contributed by atoms with Crippen LogP contribution in [-0.4, -0.2) is 51.0 Å². The van der Waals surface area contributed by atoms with Crippen molar-refractivity contribution < 1.29 is 9.53 Å². The summed E-state index contributed by atoms with van der Waals surface area (Å²) in [7, 11) is 0. The van der Waals surface area contributed by atoms with Gasteiger partial charge in [-0.05, 0) is 34.6 Å². The molecule has 1 aromatic rings. The first-order chi connectivity index (χ1) is 9.87. The lowest BCUT2D eigenvalue weighted by Gasteiger charge is -2.23. The summed E-state index contributed by atoms with van der Waals surface area (Å²) in [6.07, 6.45) is -0.0746. The first-order valence-electron chi connectivity index (χ1n) is 7.10. The van der Waals surface area contributed by atoms with E-state index >= 15 is 0 Å². The Labute approximate surface area is 125 Å². The van der Waals surface area contributed by atoms with E-state index in [-0.39, 0.29) is 29.9 Å². The van der Waals surface area contributed by atoms with Crippen LogP contribution in [0.15, 0.2) is 0 Å². The summed E-state index contributed by atoms with van der Waals surface area (Å²) in [4.78, 5) is 25.9. The molecule has 0 aromatic carbocycles. The zero-order chi connectivity index (χ0) is 16.0. The SMILES string of the molecule is CCN(CC)C(=O)C(C)Nc1nc(N)nc(OC(C)C)n1. The smallest absolute Gasteiger partial charge is 0.323 e. The number of rotatable bonds is 7. The maximum atomic E-state index is 12.2. The molecule has 0 bridgehead atoms. The molecule has 0 aliphatic carbocycles. The highest BCUT2D eigenvalue weighted by atomic mass is 16.5. The van der Waals surface area contributed by atoms with Crippen molar-refractivity contribution in [2.24, 2.45) is 0 Å². The molecule has 0 spiro atoms. The Kier molecular flexibility index (Phi) is 6.13. The number of anilines is 2. The van der Waals surface area contributed by atoms with Crippen LogP contribution in [0, 0.1) is 0 Å². The van der Waals surface area contributed by atoms with Gasteiger partial charge in [-0.25, -0.2) is 0 Å². The van der Waals surface area contributed by atoms with Crippen molar-refractivity contribution in [2.75, 3.05) is 24.1 Å². The van der Waals surface area contributed by atoms with Gasteiger partial charge >= 0.3 is 6.01 Å². The van der Waals surface area contributed by atoms with Crippen molar-refractivity contribution in [3.8, 4) is 6.01 Å². The van der Waals surface area contributed by atoms with Gasteiger partial charge in [0.25, 0.3) is 0 Å². The molecule has 8 nitrogen and oxygen atoms in total.